The summed E-state index contributed by atoms with van der Waals surface area (Å²) in [7, 11) is 0. The van der Waals surface area contributed by atoms with E-state index in [1.54, 1.807) is 35.2 Å². The Morgan fingerprint density at radius 2 is 1.82 bits per heavy atom. The summed E-state index contributed by atoms with van der Waals surface area (Å²) in [4.78, 5) is 53.4. The van der Waals surface area contributed by atoms with Crippen LogP contribution in [0.15, 0.2) is 47.4 Å². The molecule has 2 aromatic carbocycles. The molecule has 0 spiro atoms. The molecule has 0 unspecified atom stereocenters. The lowest BCUT2D eigenvalue weighted by Gasteiger charge is -2.27. The van der Waals surface area contributed by atoms with Gasteiger partial charge in [0.05, 0.1) is 15.1 Å². The van der Waals surface area contributed by atoms with Gasteiger partial charge in [0, 0.05) is 18.8 Å². The molecule has 0 aliphatic carbocycles. The van der Waals surface area contributed by atoms with E-state index in [-0.39, 0.29) is 29.9 Å². The van der Waals surface area contributed by atoms with Crippen molar-refractivity contribution in [2.75, 3.05) is 38.2 Å². The van der Waals surface area contributed by atoms with E-state index in [1.807, 2.05) is 25.1 Å². The molecule has 2 aliphatic rings. The van der Waals surface area contributed by atoms with Gasteiger partial charge in [-0.3, -0.25) is 24.1 Å². The van der Waals surface area contributed by atoms with Gasteiger partial charge < -0.3 is 19.7 Å². The summed E-state index contributed by atoms with van der Waals surface area (Å²) in [5.74, 6) is -0.188. The van der Waals surface area contributed by atoms with Crippen molar-refractivity contribution in [2.24, 2.45) is 0 Å². The number of rotatable bonds is 9. The minimum absolute atomic E-state index is 0.209. The molecule has 0 atom stereocenters. The van der Waals surface area contributed by atoms with E-state index in [9.17, 15) is 19.2 Å². The summed E-state index contributed by atoms with van der Waals surface area (Å²) in [5, 5.41) is 2.31. The molecule has 2 aromatic rings. The van der Waals surface area contributed by atoms with Crippen LogP contribution in [0.2, 0.25) is 0 Å². The van der Waals surface area contributed by atoms with Gasteiger partial charge in [0.1, 0.15) is 6.54 Å². The first-order valence-corrected chi connectivity index (χ1v) is 14.2. The second-order valence-electron chi connectivity index (χ2n) is 8.68. The summed E-state index contributed by atoms with van der Waals surface area (Å²) in [5.41, 5.74) is 1.30. The number of halogens is 1. The molecule has 9 nitrogen and oxygen atoms in total. The third-order valence-electron chi connectivity index (χ3n) is 5.91. The Morgan fingerprint density at radius 1 is 1.08 bits per heavy atom. The topological polar surface area (TPSA) is 105 Å². The van der Waals surface area contributed by atoms with Crippen LogP contribution in [-0.2, 0) is 14.4 Å². The minimum atomic E-state index is -0.490. The lowest BCUT2D eigenvalue weighted by molar-refractivity contribution is -0.136. The van der Waals surface area contributed by atoms with Crippen molar-refractivity contribution in [3.63, 3.8) is 0 Å². The van der Waals surface area contributed by atoms with Crippen LogP contribution in [0.4, 0.5) is 10.5 Å². The Kier molecular flexibility index (Phi) is 9.67. The maximum atomic E-state index is 13.0. The van der Waals surface area contributed by atoms with E-state index in [0.717, 1.165) is 35.9 Å². The smallest absolute Gasteiger partial charge is 0.294 e. The standard InChI is InChI=1S/C27H28IN3O6S/c1-2-36-21-14-18(13-20(28)25(21)37-17-23(32)29-19-9-5-3-6-10-19)15-22-26(34)31(27(35)38-22)16-24(33)30-11-7-4-8-12-30/h3,5-6,9-10,13-15H,2,4,7-8,11-12,16-17H2,1H3,(H,29,32)/b22-15-. The van der Waals surface area contributed by atoms with Crippen molar-refractivity contribution < 1.29 is 28.7 Å². The van der Waals surface area contributed by atoms with Crippen LogP contribution in [0.25, 0.3) is 6.08 Å². The van der Waals surface area contributed by atoms with Crippen LogP contribution in [0.1, 0.15) is 31.7 Å². The molecule has 2 saturated heterocycles. The number of para-hydroxylation sites is 1. The molecule has 200 valence electrons. The van der Waals surface area contributed by atoms with E-state index in [1.165, 1.54) is 0 Å². The van der Waals surface area contributed by atoms with Gasteiger partial charge in [0.2, 0.25) is 5.91 Å². The first-order chi connectivity index (χ1) is 18.4. The van der Waals surface area contributed by atoms with E-state index in [2.05, 4.69) is 27.9 Å². The molecule has 4 rings (SSSR count). The summed E-state index contributed by atoms with van der Waals surface area (Å²) in [6, 6.07) is 12.6. The second kappa shape index (κ2) is 13.1. The zero-order valence-electron chi connectivity index (χ0n) is 20.9. The predicted octanol–water partition coefficient (Wildman–Crippen LogP) is 4.76. The van der Waals surface area contributed by atoms with Gasteiger partial charge in [-0.15, -0.1) is 0 Å². The fraction of sp³-hybridized carbons (Fsp3) is 0.333. The van der Waals surface area contributed by atoms with Gasteiger partial charge >= 0.3 is 0 Å². The highest BCUT2D eigenvalue weighted by atomic mass is 127. The van der Waals surface area contributed by atoms with Crippen LogP contribution in [-0.4, -0.2) is 65.6 Å². The van der Waals surface area contributed by atoms with Crippen molar-refractivity contribution in [1.29, 1.82) is 0 Å². The number of hydrogen-bond donors (Lipinski definition) is 1. The number of amides is 4. The molecule has 0 aromatic heterocycles. The Labute approximate surface area is 239 Å². The van der Waals surface area contributed by atoms with E-state index in [0.29, 0.717) is 46.0 Å². The van der Waals surface area contributed by atoms with Gasteiger partial charge in [0.15, 0.2) is 18.1 Å². The minimum Gasteiger partial charge on any atom is -0.490 e. The number of anilines is 1. The maximum absolute atomic E-state index is 13.0. The number of ether oxygens (including phenoxy) is 2. The summed E-state index contributed by atoms with van der Waals surface area (Å²) in [6.45, 7) is 3.05. The molecule has 38 heavy (non-hydrogen) atoms. The Hall–Kier alpha value is -3.06. The molecule has 2 aliphatic heterocycles. The Morgan fingerprint density at radius 3 is 2.53 bits per heavy atom. The molecule has 2 fully saturated rings. The summed E-state index contributed by atoms with van der Waals surface area (Å²) < 4.78 is 12.2. The zero-order valence-corrected chi connectivity index (χ0v) is 23.9. The number of hydrogen-bond acceptors (Lipinski definition) is 7. The molecular formula is C27H28IN3O6S. The average Bonchev–Trinajstić information content (AvgIpc) is 3.16. The Bertz CT molecular complexity index is 1250. The molecule has 11 heteroatoms. The van der Waals surface area contributed by atoms with E-state index < -0.39 is 11.1 Å². The van der Waals surface area contributed by atoms with E-state index in [4.69, 9.17) is 9.47 Å². The van der Waals surface area contributed by atoms with Crippen LogP contribution in [0.3, 0.4) is 0 Å². The molecule has 1 N–H and O–H groups in total. The number of imide groups is 1. The van der Waals surface area contributed by atoms with Crippen LogP contribution in [0, 0.1) is 3.57 Å². The Balaban J connectivity index is 1.45. The molecule has 2 heterocycles. The number of benzene rings is 2. The monoisotopic (exact) mass is 649 g/mol. The molecule has 0 bridgehead atoms. The number of nitrogens with zero attached hydrogens (tertiary/aromatic N) is 2. The van der Waals surface area contributed by atoms with Crippen LogP contribution in [0.5, 0.6) is 11.5 Å². The van der Waals surface area contributed by atoms with Crippen molar-refractivity contribution in [3.8, 4) is 11.5 Å². The normalized spacial score (nSPS) is 16.6. The number of likely N-dealkylation sites (tertiary alicyclic amines) is 1. The number of nitrogens with one attached hydrogen (secondary N) is 1. The number of thioether (sulfide) groups is 1. The number of carbonyl (C=O) groups is 4. The van der Waals surface area contributed by atoms with Crippen LogP contribution >= 0.6 is 34.4 Å². The van der Waals surface area contributed by atoms with Crippen molar-refractivity contribution >= 4 is 69.1 Å². The number of carbonyl (C=O) groups excluding carboxylic acids is 4. The lowest BCUT2D eigenvalue weighted by Crippen LogP contribution is -2.44. The quantitative estimate of drug-likeness (QED) is 0.309. The van der Waals surface area contributed by atoms with Crippen LogP contribution < -0.4 is 14.8 Å². The van der Waals surface area contributed by atoms with Gasteiger partial charge in [-0.1, -0.05) is 18.2 Å². The first kappa shape index (κ1) is 28.0. The maximum Gasteiger partial charge on any atom is 0.294 e. The van der Waals surface area contributed by atoms with Crippen molar-refractivity contribution in [1.82, 2.24) is 9.80 Å². The molecule has 4 amide bonds. The summed E-state index contributed by atoms with van der Waals surface area (Å²) in [6.07, 6.45) is 4.56. The number of piperidine rings is 1. The largest absolute Gasteiger partial charge is 0.490 e. The lowest BCUT2D eigenvalue weighted by atomic mass is 10.1. The van der Waals surface area contributed by atoms with Gasteiger partial charge in [-0.25, -0.2) is 0 Å². The highest BCUT2D eigenvalue weighted by Gasteiger charge is 2.37. The second-order valence-corrected chi connectivity index (χ2v) is 10.8. The van der Waals surface area contributed by atoms with Gasteiger partial charge in [-0.2, -0.15) is 0 Å². The highest BCUT2D eigenvalue weighted by molar-refractivity contribution is 14.1. The van der Waals surface area contributed by atoms with Gasteiger partial charge in [0.25, 0.3) is 17.1 Å². The molecule has 0 radical (unpaired) electrons. The molecule has 0 saturated carbocycles. The third-order valence-corrected chi connectivity index (χ3v) is 7.62. The first-order valence-electron chi connectivity index (χ1n) is 12.3. The van der Waals surface area contributed by atoms with E-state index >= 15 is 0 Å². The fourth-order valence-corrected chi connectivity index (χ4v) is 5.72. The fourth-order valence-electron chi connectivity index (χ4n) is 4.10. The van der Waals surface area contributed by atoms with Crippen molar-refractivity contribution in [2.45, 2.75) is 26.2 Å². The average molecular weight is 650 g/mol. The van der Waals surface area contributed by atoms with Crippen molar-refractivity contribution in [3.05, 3.63) is 56.5 Å². The summed E-state index contributed by atoms with van der Waals surface area (Å²) >= 11 is 2.89. The van der Waals surface area contributed by atoms with Gasteiger partial charge in [-0.05, 0) is 96.4 Å². The highest BCUT2D eigenvalue weighted by Crippen LogP contribution is 2.37. The SMILES string of the molecule is CCOc1cc(/C=C2\SC(=O)N(CC(=O)N3CCCCC3)C2=O)cc(I)c1OCC(=O)Nc1ccccc1. The zero-order chi connectivity index (χ0) is 27.1. The predicted molar refractivity (Wildman–Crippen MR) is 154 cm³/mol. The third kappa shape index (κ3) is 7.07. The molecular weight excluding hydrogens is 621 g/mol.